The van der Waals surface area contributed by atoms with Gasteiger partial charge in [-0.25, -0.2) is 4.98 Å². The number of nitrogens with zero attached hydrogens (tertiary/aromatic N) is 5. The number of nitro benzene ring substituents is 1. The number of carbonyl (C=O) groups is 2. The van der Waals surface area contributed by atoms with Gasteiger partial charge >= 0.3 is 0 Å². The van der Waals surface area contributed by atoms with Crippen LogP contribution in [0.4, 0.5) is 5.69 Å². The molecule has 1 amide bonds. The van der Waals surface area contributed by atoms with E-state index < -0.39 is 28.4 Å². The molecule has 2 aliphatic rings. The minimum absolute atomic E-state index is 0.0752. The summed E-state index contributed by atoms with van der Waals surface area (Å²) in [6.45, 7) is 5.68. The third-order valence-electron chi connectivity index (χ3n) is 7.52. The van der Waals surface area contributed by atoms with Crippen molar-refractivity contribution in [3.8, 4) is 0 Å². The number of nitro groups is 1. The van der Waals surface area contributed by atoms with Gasteiger partial charge in [-0.05, 0) is 31.0 Å². The number of Topliss-reactive ketones (excluding diaryl/α,β-unsaturated/α-hetero) is 1. The number of para-hydroxylation sites is 2. The molecule has 0 bridgehead atoms. The van der Waals surface area contributed by atoms with E-state index in [0.29, 0.717) is 47.3 Å². The number of imidazole rings is 1. The number of thiazole rings is 1. The number of hydrogen-bond acceptors (Lipinski definition) is 9. The van der Waals surface area contributed by atoms with Gasteiger partial charge in [-0.3, -0.25) is 29.0 Å². The van der Waals surface area contributed by atoms with E-state index in [9.17, 15) is 24.8 Å². The summed E-state index contributed by atoms with van der Waals surface area (Å²) >= 11 is 1.19. The summed E-state index contributed by atoms with van der Waals surface area (Å²) in [5.41, 5.74) is 2.46. The van der Waals surface area contributed by atoms with Crippen molar-refractivity contribution in [2.24, 2.45) is 0 Å². The highest BCUT2D eigenvalue weighted by molar-refractivity contribution is 7.19. The second kappa shape index (κ2) is 10.5. The van der Waals surface area contributed by atoms with E-state index in [1.165, 1.54) is 34.4 Å². The third-order valence-corrected chi connectivity index (χ3v) is 8.66. The minimum atomic E-state index is -0.963. The molecule has 0 radical (unpaired) electrons. The fraction of sp³-hybridized carbons (Fsp3) is 0.321. The van der Waals surface area contributed by atoms with Crippen molar-refractivity contribution in [2.45, 2.75) is 19.4 Å². The predicted molar refractivity (Wildman–Crippen MR) is 149 cm³/mol. The molecule has 1 unspecified atom stereocenters. The molecular weight excluding hydrogens is 534 g/mol. The van der Waals surface area contributed by atoms with Crippen LogP contribution in [0.2, 0.25) is 0 Å². The van der Waals surface area contributed by atoms with Crippen LogP contribution in [0, 0.1) is 17.0 Å². The number of rotatable bonds is 8. The molecule has 11 nitrogen and oxygen atoms in total. The zero-order chi connectivity index (χ0) is 28.0. The molecule has 0 aliphatic carbocycles. The van der Waals surface area contributed by atoms with E-state index in [4.69, 9.17) is 4.74 Å². The quantitative estimate of drug-likeness (QED) is 0.194. The Morgan fingerprint density at radius 1 is 1.18 bits per heavy atom. The van der Waals surface area contributed by atoms with E-state index in [0.717, 1.165) is 24.1 Å². The first-order valence-corrected chi connectivity index (χ1v) is 13.9. The van der Waals surface area contributed by atoms with Crippen LogP contribution in [0.25, 0.3) is 16.0 Å². The molecule has 4 aromatic rings. The van der Waals surface area contributed by atoms with Gasteiger partial charge < -0.3 is 14.7 Å². The Labute approximate surface area is 233 Å². The van der Waals surface area contributed by atoms with Crippen molar-refractivity contribution in [3.05, 3.63) is 86.1 Å². The first-order valence-electron chi connectivity index (χ1n) is 13.0. The molecule has 0 spiro atoms. The highest BCUT2D eigenvalue weighted by Gasteiger charge is 2.44. The van der Waals surface area contributed by atoms with Crippen molar-refractivity contribution < 1.29 is 24.4 Å². The number of benzene rings is 2. The standard InChI is InChI=1S/C28H27N5O6S/c1-17-26(40-28-29-20-8-2-3-9-21(20)32(17)28)24(34)22-23(18-6-4-7-19(16-18)33(37)38)31(27(36)25(22)35)11-5-10-30-12-14-39-15-13-30/h2-4,6-9,16,23,35H,5,10-15H2,1H3. The number of non-ortho nitro benzene ring substituents is 1. The first-order chi connectivity index (χ1) is 19.3. The molecule has 206 valence electrons. The van der Waals surface area contributed by atoms with Gasteiger partial charge in [-0.15, -0.1) is 0 Å². The van der Waals surface area contributed by atoms with Crippen LogP contribution in [0.1, 0.15) is 33.4 Å². The van der Waals surface area contributed by atoms with Crippen LogP contribution < -0.4 is 0 Å². The number of amides is 1. The Balaban J connectivity index is 1.38. The van der Waals surface area contributed by atoms with Crippen molar-refractivity contribution in [2.75, 3.05) is 39.4 Å². The van der Waals surface area contributed by atoms with Crippen molar-refractivity contribution in [3.63, 3.8) is 0 Å². The lowest BCUT2D eigenvalue weighted by Gasteiger charge is -2.30. The second-order valence-corrected chi connectivity index (χ2v) is 10.9. The summed E-state index contributed by atoms with van der Waals surface area (Å²) in [7, 11) is 0. The summed E-state index contributed by atoms with van der Waals surface area (Å²) in [6.07, 6.45) is 0.601. The van der Waals surface area contributed by atoms with Crippen molar-refractivity contribution in [1.29, 1.82) is 0 Å². The van der Waals surface area contributed by atoms with Gasteiger partial charge in [0.15, 0.2) is 10.7 Å². The van der Waals surface area contributed by atoms with E-state index in [2.05, 4.69) is 9.88 Å². The molecule has 1 saturated heterocycles. The Bertz CT molecular complexity index is 1680. The van der Waals surface area contributed by atoms with Crippen LogP contribution in [0.5, 0.6) is 0 Å². The van der Waals surface area contributed by atoms with Crippen molar-refractivity contribution >= 4 is 44.7 Å². The Morgan fingerprint density at radius 2 is 1.95 bits per heavy atom. The Hall–Kier alpha value is -4.13. The van der Waals surface area contributed by atoms with Gasteiger partial charge in [0, 0.05) is 44.0 Å². The van der Waals surface area contributed by atoms with Gasteiger partial charge in [-0.1, -0.05) is 35.6 Å². The molecule has 1 atom stereocenters. The predicted octanol–water partition coefficient (Wildman–Crippen LogP) is 4.07. The number of aliphatic hydroxyl groups is 1. The minimum Gasteiger partial charge on any atom is -0.503 e. The highest BCUT2D eigenvalue weighted by Crippen LogP contribution is 2.41. The molecule has 12 heteroatoms. The van der Waals surface area contributed by atoms with Crippen LogP contribution in [0.15, 0.2) is 59.9 Å². The molecule has 2 aromatic heterocycles. The Morgan fingerprint density at radius 3 is 2.73 bits per heavy atom. The first kappa shape index (κ1) is 26.1. The monoisotopic (exact) mass is 561 g/mol. The summed E-state index contributed by atoms with van der Waals surface area (Å²) in [6, 6.07) is 12.5. The molecule has 6 rings (SSSR count). The number of ketones is 1. The number of fused-ring (bicyclic) bond motifs is 3. The van der Waals surface area contributed by atoms with Crippen LogP contribution in [-0.4, -0.2) is 80.3 Å². The third kappa shape index (κ3) is 4.43. The summed E-state index contributed by atoms with van der Waals surface area (Å²) in [5.74, 6) is -1.77. The Kier molecular flexibility index (Phi) is 6.82. The molecule has 4 heterocycles. The van der Waals surface area contributed by atoms with Gasteiger partial charge in [0.2, 0.25) is 5.78 Å². The van der Waals surface area contributed by atoms with Gasteiger partial charge in [0.25, 0.3) is 11.6 Å². The highest BCUT2D eigenvalue weighted by atomic mass is 32.1. The SMILES string of the molecule is Cc1c(C(=O)C2=C(O)C(=O)N(CCCN3CCOCC3)C2c2cccc([N+](=O)[O-])c2)sc2nc3ccccc3n12. The number of aliphatic hydroxyl groups excluding tert-OH is 1. The van der Waals surface area contributed by atoms with E-state index in [-0.39, 0.29) is 17.8 Å². The molecule has 2 aromatic carbocycles. The summed E-state index contributed by atoms with van der Waals surface area (Å²) in [4.78, 5) is 47.9. The zero-order valence-corrected chi connectivity index (χ0v) is 22.6. The van der Waals surface area contributed by atoms with E-state index in [1.807, 2.05) is 35.6 Å². The zero-order valence-electron chi connectivity index (χ0n) is 21.8. The molecular formula is C28H27N5O6S. The topological polar surface area (TPSA) is 131 Å². The van der Waals surface area contributed by atoms with E-state index >= 15 is 0 Å². The fourth-order valence-electron chi connectivity index (χ4n) is 5.56. The molecule has 1 N–H and O–H groups in total. The van der Waals surface area contributed by atoms with Crippen LogP contribution in [-0.2, 0) is 9.53 Å². The normalized spacial score (nSPS) is 18.4. The molecule has 0 saturated carbocycles. The maximum atomic E-state index is 14.1. The number of morpholine rings is 1. The number of aryl methyl sites for hydroxylation is 1. The average molecular weight is 562 g/mol. The second-order valence-electron chi connectivity index (χ2n) is 9.89. The lowest BCUT2D eigenvalue weighted by atomic mass is 9.94. The van der Waals surface area contributed by atoms with Gasteiger partial charge in [0.05, 0.1) is 45.7 Å². The molecule has 40 heavy (non-hydrogen) atoms. The lowest BCUT2D eigenvalue weighted by molar-refractivity contribution is -0.384. The number of ether oxygens (including phenoxy) is 1. The average Bonchev–Trinajstić information content (AvgIpc) is 3.58. The summed E-state index contributed by atoms with van der Waals surface area (Å²) in [5, 5.41) is 22.7. The van der Waals surface area contributed by atoms with Crippen LogP contribution >= 0.6 is 11.3 Å². The molecule has 2 aliphatic heterocycles. The lowest BCUT2D eigenvalue weighted by Crippen LogP contribution is -2.39. The maximum Gasteiger partial charge on any atom is 0.290 e. The van der Waals surface area contributed by atoms with Crippen molar-refractivity contribution in [1.82, 2.24) is 19.2 Å². The smallest absolute Gasteiger partial charge is 0.290 e. The maximum absolute atomic E-state index is 14.1. The number of hydrogen-bond donors (Lipinski definition) is 1. The van der Waals surface area contributed by atoms with Gasteiger partial charge in [-0.2, -0.15) is 0 Å². The number of aromatic nitrogens is 2. The largest absolute Gasteiger partial charge is 0.503 e. The molecule has 1 fully saturated rings. The fourth-order valence-corrected chi connectivity index (χ4v) is 6.65. The van der Waals surface area contributed by atoms with Crippen LogP contribution in [0.3, 0.4) is 0 Å². The van der Waals surface area contributed by atoms with Gasteiger partial charge in [0.1, 0.15) is 0 Å². The summed E-state index contributed by atoms with van der Waals surface area (Å²) < 4.78 is 7.30. The van der Waals surface area contributed by atoms with E-state index in [1.54, 1.807) is 6.07 Å². The number of carbonyl (C=O) groups excluding carboxylic acids is 2.